The molecule has 0 aromatic carbocycles. The van der Waals surface area contributed by atoms with Gasteiger partial charge in [0.25, 0.3) is 0 Å². The van der Waals surface area contributed by atoms with Crippen molar-refractivity contribution in [3.05, 3.63) is 0 Å². The first-order valence-electron chi connectivity index (χ1n) is 24.0. The minimum Gasteiger partial charge on any atom is -0.394 e. The summed E-state index contributed by atoms with van der Waals surface area (Å²) in [5.74, 6) is 1.16. The molecule has 0 radical (unpaired) electrons. The first-order chi connectivity index (χ1) is 29.9. The van der Waals surface area contributed by atoms with Crippen molar-refractivity contribution in [2.24, 2.45) is 50.2 Å². The molecule has 0 aromatic heterocycles. The van der Waals surface area contributed by atoms with Crippen LogP contribution >= 0.6 is 0 Å². The topological polar surface area (TPSA) is 264 Å². The summed E-state index contributed by atoms with van der Waals surface area (Å²) in [6.07, 6.45) is -13.6. The molecule has 4 aliphatic heterocycles. The summed E-state index contributed by atoms with van der Waals surface area (Å²) in [5, 5.41) is 95.3. The Balaban J connectivity index is 0.963. The Hall–Kier alpha value is -0.970. The lowest BCUT2D eigenvalue weighted by Crippen LogP contribution is -2.73. The smallest absolute Gasteiger partial charge is 0.187 e. The molecule has 366 valence electrons. The second-order valence-corrected chi connectivity index (χ2v) is 23.6. The van der Waals surface area contributed by atoms with E-state index < -0.39 is 111 Å². The van der Waals surface area contributed by atoms with Crippen LogP contribution < -0.4 is 0 Å². The maximum atomic E-state index is 14.6. The molecular weight excluding hydrogens is 836 g/mol. The van der Waals surface area contributed by atoms with Crippen LogP contribution in [0.2, 0.25) is 0 Å². The molecule has 1 spiro atoms. The molecule has 9 aliphatic rings. The third-order valence-corrected chi connectivity index (χ3v) is 19.9. The summed E-state index contributed by atoms with van der Waals surface area (Å²) in [7, 11) is 0. The molecular formula is C47H76O17. The Kier molecular flexibility index (Phi) is 12.2. The number of rotatable bonds is 8. The summed E-state index contributed by atoms with van der Waals surface area (Å²) in [5.41, 5.74) is -1.54. The van der Waals surface area contributed by atoms with E-state index in [9.17, 15) is 50.8 Å². The Morgan fingerprint density at radius 1 is 0.625 bits per heavy atom. The quantitative estimate of drug-likeness (QED) is 0.152. The van der Waals surface area contributed by atoms with Crippen molar-refractivity contribution >= 4 is 5.78 Å². The van der Waals surface area contributed by atoms with Crippen LogP contribution in [-0.4, -0.2) is 176 Å². The average Bonchev–Trinajstić information content (AvgIpc) is 3.52. The van der Waals surface area contributed by atoms with Gasteiger partial charge in [-0.25, -0.2) is 0 Å². The number of ketones is 1. The normalized spacial score (nSPS) is 56.7. The van der Waals surface area contributed by atoms with Gasteiger partial charge in [-0.2, -0.15) is 0 Å². The molecule has 5 aliphatic carbocycles. The summed E-state index contributed by atoms with van der Waals surface area (Å²) < 4.78 is 43.8. The predicted octanol–water partition coefficient (Wildman–Crippen LogP) is 0.672. The van der Waals surface area contributed by atoms with Gasteiger partial charge in [0.15, 0.2) is 18.9 Å². The highest BCUT2D eigenvalue weighted by molar-refractivity contribution is 5.88. The minimum atomic E-state index is -1.81. The zero-order chi connectivity index (χ0) is 46.3. The van der Waals surface area contributed by atoms with Gasteiger partial charge in [0, 0.05) is 17.8 Å². The number of fused-ring (bicyclic) bond motifs is 4. The average molecular weight is 913 g/mol. The van der Waals surface area contributed by atoms with Gasteiger partial charge in [0.1, 0.15) is 72.9 Å². The van der Waals surface area contributed by atoms with Crippen molar-refractivity contribution in [3.63, 3.8) is 0 Å². The van der Waals surface area contributed by atoms with Crippen LogP contribution in [0.15, 0.2) is 0 Å². The molecule has 9 rings (SSSR count). The molecule has 64 heavy (non-hydrogen) atoms. The fraction of sp³-hybridized carbons (Fsp3) is 0.979. The van der Waals surface area contributed by atoms with E-state index >= 15 is 0 Å². The number of aliphatic hydroxyl groups excluding tert-OH is 9. The first kappa shape index (κ1) is 48.1. The summed E-state index contributed by atoms with van der Waals surface area (Å²) in [4.78, 5) is 14.6. The number of hydrogen-bond acceptors (Lipinski definition) is 17. The minimum absolute atomic E-state index is 0.105. The molecule has 9 fully saturated rings. The van der Waals surface area contributed by atoms with Gasteiger partial charge in [0.2, 0.25) is 0 Å². The molecule has 4 heterocycles. The number of carbonyl (C=O) groups excluding carboxylic acids is 1. The van der Waals surface area contributed by atoms with E-state index in [2.05, 4.69) is 48.5 Å². The zero-order valence-electron chi connectivity index (χ0n) is 38.6. The molecule has 17 nitrogen and oxygen atoms in total. The monoisotopic (exact) mass is 913 g/mol. The SMILES string of the molecule is CC1(C)CCC23COC4(CCC5C6(C)CCC(OC7OCC(OC8OC(CO)C(O)C(O)C8O)C(O)C7OC7OC(CO)C(O)C(O)C7O)C(C)(C)C6CCC5(C)C4(C)CC2=O)C3C1. The van der Waals surface area contributed by atoms with Gasteiger partial charge in [-0.1, -0.05) is 48.5 Å². The number of ether oxygens (including phenoxy) is 7. The molecule has 4 saturated heterocycles. The summed E-state index contributed by atoms with van der Waals surface area (Å²) in [6.45, 7) is 15.3. The third-order valence-electron chi connectivity index (χ3n) is 19.9. The zero-order valence-corrected chi connectivity index (χ0v) is 38.6. The number of Topliss-reactive ketones (excluding diaryl/α,β-unsaturated/α-hetero) is 1. The maximum absolute atomic E-state index is 14.6. The van der Waals surface area contributed by atoms with Gasteiger partial charge < -0.3 is 79.1 Å². The van der Waals surface area contributed by atoms with Crippen LogP contribution in [0.3, 0.4) is 0 Å². The molecule has 0 aromatic rings. The Morgan fingerprint density at radius 2 is 1.23 bits per heavy atom. The van der Waals surface area contributed by atoms with Crippen LogP contribution in [0.5, 0.6) is 0 Å². The van der Waals surface area contributed by atoms with Gasteiger partial charge >= 0.3 is 0 Å². The van der Waals surface area contributed by atoms with Gasteiger partial charge in [-0.05, 0) is 91.3 Å². The van der Waals surface area contributed by atoms with Crippen molar-refractivity contribution in [3.8, 4) is 0 Å². The second-order valence-electron chi connectivity index (χ2n) is 23.6. The van der Waals surface area contributed by atoms with Crippen LogP contribution in [0.1, 0.15) is 113 Å². The largest absolute Gasteiger partial charge is 0.394 e. The van der Waals surface area contributed by atoms with Gasteiger partial charge in [0.05, 0.1) is 43.5 Å². The molecule has 0 amide bonds. The molecule has 2 bridgehead atoms. The Bertz CT molecular complexity index is 1750. The van der Waals surface area contributed by atoms with Gasteiger partial charge in [-0.3, -0.25) is 4.79 Å². The fourth-order valence-electron chi connectivity index (χ4n) is 16.0. The van der Waals surface area contributed by atoms with Crippen molar-refractivity contribution in [1.82, 2.24) is 0 Å². The van der Waals surface area contributed by atoms with E-state index in [-0.39, 0.29) is 51.1 Å². The van der Waals surface area contributed by atoms with Gasteiger partial charge in [-0.15, -0.1) is 0 Å². The number of hydrogen-bond donors (Lipinski definition) is 9. The predicted molar refractivity (Wildman–Crippen MR) is 223 cm³/mol. The third kappa shape index (κ3) is 6.79. The van der Waals surface area contributed by atoms with E-state index in [1.54, 1.807) is 0 Å². The van der Waals surface area contributed by atoms with Crippen molar-refractivity contribution in [2.45, 2.75) is 210 Å². The fourth-order valence-corrected chi connectivity index (χ4v) is 16.0. The van der Waals surface area contributed by atoms with E-state index in [1.807, 2.05) is 0 Å². The Morgan fingerprint density at radius 3 is 1.86 bits per heavy atom. The van der Waals surface area contributed by atoms with E-state index in [0.717, 1.165) is 51.4 Å². The van der Waals surface area contributed by atoms with E-state index in [4.69, 9.17) is 33.2 Å². The summed E-state index contributed by atoms with van der Waals surface area (Å²) in [6, 6.07) is 0. The molecule has 17 heteroatoms. The standard InChI is InChI=1S/C47H76O17/c1-41(2)14-15-46-21-59-47(27(46)16-41)13-9-26-43(5)11-10-29(42(3,4)25(43)8-12-44(26,6)45(47,7)17-28(46)50)63-40-37(64-39-36(57)34(55)31(52)23(19-49)61-39)32(53)24(20-58-40)62-38-35(56)33(54)30(51)22(18-48)60-38/h22-27,29-40,48-49,51-57H,8-21H2,1-7H3. The highest BCUT2D eigenvalue weighted by atomic mass is 16.8. The number of carbonyl (C=O) groups is 1. The van der Waals surface area contributed by atoms with E-state index in [1.165, 1.54) is 0 Å². The number of aliphatic hydroxyl groups is 9. The highest BCUT2D eigenvalue weighted by Crippen LogP contribution is 2.80. The van der Waals surface area contributed by atoms with Crippen molar-refractivity contribution in [1.29, 1.82) is 0 Å². The second kappa shape index (κ2) is 16.3. The lowest BCUT2D eigenvalue weighted by atomic mass is 9.30. The first-order valence-corrected chi connectivity index (χ1v) is 24.0. The lowest BCUT2D eigenvalue weighted by Gasteiger charge is -2.74. The van der Waals surface area contributed by atoms with Crippen molar-refractivity contribution in [2.75, 3.05) is 26.4 Å². The molecule has 5 saturated carbocycles. The highest BCUT2D eigenvalue weighted by Gasteiger charge is 2.80. The van der Waals surface area contributed by atoms with Crippen LogP contribution in [0.25, 0.3) is 0 Å². The Labute approximate surface area is 376 Å². The van der Waals surface area contributed by atoms with E-state index in [0.29, 0.717) is 31.1 Å². The maximum Gasteiger partial charge on any atom is 0.187 e. The summed E-state index contributed by atoms with van der Waals surface area (Å²) >= 11 is 0. The molecule has 23 atom stereocenters. The van der Waals surface area contributed by atoms with Crippen LogP contribution in [0.4, 0.5) is 0 Å². The van der Waals surface area contributed by atoms with Crippen molar-refractivity contribution < 1.29 is 83.9 Å². The van der Waals surface area contributed by atoms with Crippen LogP contribution in [-0.2, 0) is 38.0 Å². The lowest BCUT2D eigenvalue weighted by molar-refractivity contribution is -0.382. The van der Waals surface area contributed by atoms with Crippen LogP contribution in [0, 0.1) is 50.2 Å². The molecule has 23 unspecified atom stereocenters. The molecule has 9 N–H and O–H groups in total.